The van der Waals surface area contributed by atoms with Gasteiger partial charge in [0.1, 0.15) is 12.2 Å². The molecule has 5 heteroatoms. The van der Waals surface area contributed by atoms with Crippen molar-refractivity contribution in [2.75, 3.05) is 13.6 Å². The summed E-state index contributed by atoms with van der Waals surface area (Å²) in [4.78, 5) is 4.42. The van der Waals surface area contributed by atoms with Gasteiger partial charge in [0.05, 0.1) is 0 Å². The zero-order valence-corrected chi connectivity index (χ0v) is 13.6. The van der Waals surface area contributed by atoms with Crippen molar-refractivity contribution in [3.8, 4) is 0 Å². The predicted molar refractivity (Wildman–Crippen MR) is 86.7 cm³/mol. The number of aromatic nitrogens is 3. The summed E-state index contributed by atoms with van der Waals surface area (Å²) in [5.41, 5.74) is 1.26. The van der Waals surface area contributed by atoms with Crippen molar-refractivity contribution >= 4 is 11.6 Å². The summed E-state index contributed by atoms with van der Waals surface area (Å²) >= 11 is 6.07. The van der Waals surface area contributed by atoms with E-state index in [9.17, 15) is 0 Å². The first-order valence-electron chi connectivity index (χ1n) is 7.37. The van der Waals surface area contributed by atoms with Crippen LogP contribution in [0.15, 0.2) is 30.6 Å². The van der Waals surface area contributed by atoms with Crippen LogP contribution in [0.25, 0.3) is 0 Å². The van der Waals surface area contributed by atoms with Gasteiger partial charge >= 0.3 is 0 Å². The summed E-state index contributed by atoms with van der Waals surface area (Å²) in [6.07, 6.45) is 3.53. The quantitative estimate of drug-likeness (QED) is 0.854. The lowest BCUT2D eigenvalue weighted by Crippen LogP contribution is -2.24. The van der Waals surface area contributed by atoms with E-state index >= 15 is 0 Å². The molecule has 0 fully saturated rings. The first-order valence-corrected chi connectivity index (χ1v) is 7.75. The second-order valence-corrected chi connectivity index (χ2v) is 6.11. The minimum absolute atomic E-state index is 0.337. The van der Waals surface area contributed by atoms with Crippen LogP contribution in [0.2, 0.25) is 5.02 Å². The molecule has 1 aromatic carbocycles. The van der Waals surface area contributed by atoms with Gasteiger partial charge in [-0.05, 0) is 57.5 Å². The van der Waals surface area contributed by atoms with Crippen molar-refractivity contribution < 1.29 is 0 Å². The van der Waals surface area contributed by atoms with Gasteiger partial charge in [0.25, 0.3) is 0 Å². The Morgan fingerprint density at radius 3 is 2.76 bits per heavy atom. The molecule has 0 saturated heterocycles. The van der Waals surface area contributed by atoms with Crippen molar-refractivity contribution in [3.63, 3.8) is 0 Å². The molecule has 0 aliphatic heterocycles. The van der Waals surface area contributed by atoms with Crippen LogP contribution in [-0.4, -0.2) is 28.4 Å². The average molecular weight is 307 g/mol. The summed E-state index contributed by atoms with van der Waals surface area (Å²) in [6, 6.07) is 8.42. The molecule has 1 unspecified atom stereocenters. The van der Waals surface area contributed by atoms with Gasteiger partial charge in [0.15, 0.2) is 0 Å². The molecule has 21 heavy (non-hydrogen) atoms. The largest absolute Gasteiger partial charge is 0.319 e. The number of nitrogens with one attached hydrogen (secondary N) is 1. The Labute approximate surface area is 131 Å². The highest BCUT2D eigenvalue weighted by atomic mass is 35.5. The first-order chi connectivity index (χ1) is 10.1. The molecule has 0 aliphatic rings. The Hall–Kier alpha value is -1.39. The highest BCUT2D eigenvalue weighted by Crippen LogP contribution is 2.18. The number of benzene rings is 1. The Kier molecular flexibility index (Phi) is 5.76. The maximum Gasteiger partial charge on any atom is 0.138 e. The third-order valence-electron chi connectivity index (χ3n) is 3.51. The van der Waals surface area contributed by atoms with Gasteiger partial charge in [0.2, 0.25) is 0 Å². The van der Waals surface area contributed by atoms with Gasteiger partial charge in [-0.25, -0.2) is 9.67 Å². The van der Waals surface area contributed by atoms with Crippen LogP contribution in [0.1, 0.15) is 31.3 Å². The van der Waals surface area contributed by atoms with Crippen LogP contribution >= 0.6 is 11.6 Å². The van der Waals surface area contributed by atoms with Crippen molar-refractivity contribution in [3.05, 3.63) is 47.0 Å². The average Bonchev–Trinajstić information content (AvgIpc) is 2.87. The number of hydrogen-bond donors (Lipinski definition) is 1. The summed E-state index contributed by atoms with van der Waals surface area (Å²) in [6.45, 7) is 5.20. The Morgan fingerprint density at radius 1 is 1.29 bits per heavy atom. The predicted octanol–water partition coefficient (Wildman–Crippen LogP) is 3.13. The van der Waals surface area contributed by atoms with Gasteiger partial charge in [-0.15, -0.1) is 0 Å². The molecule has 1 aromatic heterocycles. The van der Waals surface area contributed by atoms with E-state index in [4.69, 9.17) is 11.6 Å². The second kappa shape index (κ2) is 7.57. The fourth-order valence-corrected chi connectivity index (χ4v) is 2.83. The Morgan fingerprint density at radius 2 is 2.10 bits per heavy atom. The molecular formula is C16H23ClN4. The van der Waals surface area contributed by atoms with E-state index < -0.39 is 0 Å². The standard InChI is InChI=1S/C16H23ClN4/c1-12(2)21-16(19-11-20-21)9-14(10-18-3)7-13-5-4-6-15(17)8-13/h4-6,8,11-12,14,18H,7,9-10H2,1-3H3. The third kappa shape index (κ3) is 4.55. The van der Waals surface area contributed by atoms with E-state index in [2.05, 4.69) is 35.3 Å². The van der Waals surface area contributed by atoms with Gasteiger partial charge < -0.3 is 5.32 Å². The smallest absolute Gasteiger partial charge is 0.138 e. The van der Waals surface area contributed by atoms with Gasteiger partial charge in [0, 0.05) is 17.5 Å². The third-order valence-corrected chi connectivity index (χ3v) is 3.75. The lowest BCUT2D eigenvalue weighted by Gasteiger charge is -2.18. The minimum Gasteiger partial charge on any atom is -0.319 e. The van der Waals surface area contributed by atoms with Crippen LogP contribution in [0, 0.1) is 5.92 Å². The van der Waals surface area contributed by atoms with Gasteiger partial charge in [-0.2, -0.15) is 5.10 Å². The minimum atomic E-state index is 0.337. The van der Waals surface area contributed by atoms with Gasteiger partial charge in [-0.3, -0.25) is 0 Å². The van der Waals surface area contributed by atoms with Crippen LogP contribution < -0.4 is 5.32 Å². The van der Waals surface area contributed by atoms with Crippen molar-refractivity contribution in [2.45, 2.75) is 32.7 Å². The fourth-order valence-electron chi connectivity index (χ4n) is 2.61. The zero-order chi connectivity index (χ0) is 15.2. The molecule has 0 radical (unpaired) electrons. The van der Waals surface area contributed by atoms with Crippen molar-refractivity contribution in [2.24, 2.45) is 5.92 Å². The molecule has 1 N–H and O–H groups in total. The Balaban J connectivity index is 2.10. The summed E-state index contributed by atoms with van der Waals surface area (Å²) < 4.78 is 2.00. The van der Waals surface area contributed by atoms with E-state index in [1.165, 1.54) is 5.56 Å². The topological polar surface area (TPSA) is 42.7 Å². The fraction of sp³-hybridized carbons (Fsp3) is 0.500. The SMILES string of the molecule is CNCC(Cc1cccc(Cl)c1)Cc1ncnn1C(C)C. The molecular weight excluding hydrogens is 284 g/mol. The molecule has 2 aromatic rings. The van der Waals surface area contributed by atoms with E-state index in [0.717, 1.165) is 30.2 Å². The lowest BCUT2D eigenvalue weighted by atomic mass is 9.95. The van der Waals surface area contributed by atoms with Crippen LogP contribution in [-0.2, 0) is 12.8 Å². The molecule has 2 rings (SSSR count). The molecule has 0 aliphatic carbocycles. The summed E-state index contributed by atoms with van der Waals surface area (Å²) in [7, 11) is 1.98. The number of halogens is 1. The molecule has 1 heterocycles. The first kappa shape index (κ1) is 16.0. The van der Waals surface area contributed by atoms with E-state index in [1.54, 1.807) is 6.33 Å². The van der Waals surface area contributed by atoms with E-state index in [1.807, 2.05) is 29.9 Å². The molecule has 0 amide bonds. The van der Waals surface area contributed by atoms with E-state index in [-0.39, 0.29) is 0 Å². The normalized spacial score (nSPS) is 12.8. The molecule has 4 nitrogen and oxygen atoms in total. The van der Waals surface area contributed by atoms with Crippen LogP contribution in [0.3, 0.4) is 0 Å². The molecule has 114 valence electrons. The second-order valence-electron chi connectivity index (χ2n) is 5.68. The Bertz CT molecular complexity index is 565. The van der Waals surface area contributed by atoms with Crippen molar-refractivity contribution in [1.29, 1.82) is 0 Å². The lowest BCUT2D eigenvalue weighted by molar-refractivity contribution is 0.440. The van der Waals surface area contributed by atoms with Crippen molar-refractivity contribution in [1.82, 2.24) is 20.1 Å². The molecule has 0 spiro atoms. The number of nitrogens with zero attached hydrogens (tertiary/aromatic N) is 3. The van der Waals surface area contributed by atoms with Crippen LogP contribution in [0.5, 0.6) is 0 Å². The monoisotopic (exact) mass is 306 g/mol. The number of rotatable bonds is 7. The summed E-state index contributed by atoms with van der Waals surface area (Å²) in [5, 5.41) is 8.38. The molecule has 0 bridgehead atoms. The van der Waals surface area contributed by atoms with E-state index in [0.29, 0.717) is 12.0 Å². The maximum atomic E-state index is 6.07. The van der Waals surface area contributed by atoms with Crippen LogP contribution in [0.4, 0.5) is 0 Å². The highest BCUT2D eigenvalue weighted by Gasteiger charge is 2.15. The molecule has 1 atom stereocenters. The van der Waals surface area contributed by atoms with Gasteiger partial charge in [-0.1, -0.05) is 23.7 Å². The number of hydrogen-bond acceptors (Lipinski definition) is 3. The molecule has 0 saturated carbocycles. The highest BCUT2D eigenvalue weighted by molar-refractivity contribution is 6.30. The maximum absolute atomic E-state index is 6.07. The summed E-state index contributed by atoms with van der Waals surface area (Å²) in [5.74, 6) is 1.52. The zero-order valence-electron chi connectivity index (χ0n) is 12.9.